The number of hydrogen-bond donors (Lipinski definition) is 1. The first kappa shape index (κ1) is 16.5. The van der Waals surface area contributed by atoms with Crippen molar-refractivity contribution in [2.75, 3.05) is 0 Å². The molecule has 4 aromatic rings. The summed E-state index contributed by atoms with van der Waals surface area (Å²) in [5.41, 5.74) is 2.95. The highest BCUT2D eigenvalue weighted by Gasteiger charge is 2.22. The van der Waals surface area contributed by atoms with E-state index in [4.69, 9.17) is 0 Å². The van der Waals surface area contributed by atoms with E-state index in [9.17, 15) is 4.79 Å². The molecule has 1 heterocycles. The van der Waals surface area contributed by atoms with Crippen molar-refractivity contribution in [1.82, 2.24) is 10.3 Å². The van der Waals surface area contributed by atoms with E-state index in [-0.39, 0.29) is 11.8 Å². The van der Waals surface area contributed by atoms with Gasteiger partial charge >= 0.3 is 0 Å². The first-order valence-corrected chi connectivity index (χ1v) is 9.35. The molecule has 1 N–H and O–H groups in total. The minimum absolute atomic E-state index is 0.0124. The Labute approximate surface area is 156 Å². The Morgan fingerprint density at radius 3 is 2.04 bits per heavy atom. The maximum atomic E-state index is 13.0. The second kappa shape index (κ2) is 7.50. The zero-order valence-electron chi connectivity index (χ0n) is 14.1. The molecule has 4 heteroatoms. The smallest absolute Gasteiger partial charge is 0.232 e. The van der Waals surface area contributed by atoms with Crippen molar-refractivity contribution in [1.29, 1.82) is 0 Å². The Morgan fingerprint density at radius 1 is 0.846 bits per heavy atom. The summed E-state index contributed by atoms with van der Waals surface area (Å²) in [6, 6.07) is 27.8. The van der Waals surface area contributed by atoms with Crippen LogP contribution in [0.2, 0.25) is 0 Å². The third-order valence-electron chi connectivity index (χ3n) is 4.28. The van der Waals surface area contributed by atoms with Crippen LogP contribution in [-0.2, 0) is 11.3 Å². The lowest BCUT2D eigenvalue weighted by Crippen LogP contribution is -2.29. The summed E-state index contributed by atoms with van der Waals surface area (Å²) >= 11 is 1.62. The number of rotatable bonds is 5. The van der Waals surface area contributed by atoms with Crippen LogP contribution in [0.5, 0.6) is 0 Å². The monoisotopic (exact) mass is 358 g/mol. The second-order valence-electron chi connectivity index (χ2n) is 6.05. The average Bonchev–Trinajstić information content (AvgIpc) is 3.11. The van der Waals surface area contributed by atoms with E-state index in [1.807, 2.05) is 78.9 Å². The minimum atomic E-state index is -0.327. The van der Waals surface area contributed by atoms with Gasteiger partial charge in [-0.1, -0.05) is 72.8 Å². The first-order chi connectivity index (χ1) is 12.8. The fourth-order valence-corrected chi connectivity index (χ4v) is 3.95. The van der Waals surface area contributed by atoms with E-state index in [2.05, 4.69) is 16.4 Å². The fraction of sp³-hybridized carbons (Fsp3) is 0.0909. The fourth-order valence-electron chi connectivity index (χ4n) is 3.05. The molecule has 0 aliphatic heterocycles. The van der Waals surface area contributed by atoms with Gasteiger partial charge in [0.05, 0.1) is 22.7 Å². The minimum Gasteiger partial charge on any atom is -0.349 e. The maximum absolute atomic E-state index is 13.0. The van der Waals surface area contributed by atoms with Crippen molar-refractivity contribution in [3.8, 4) is 0 Å². The van der Waals surface area contributed by atoms with Crippen molar-refractivity contribution in [2.24, 2.45) is 0 Å². The summed E-state index contributed by atoms with van der Waals surface area (Å²) in [6.07, 6.45) is 0. The Bertz CT molecular complexity index is 939. The van der Waals surface area contributed by atoms with Gasteiger partial charge in [-0.25, -0.2) is 4.98 Å². The molecular weight excluding hydrogens is 340 g/mol. The summed E-state index contributed by atoms with van der Waals surface area (Å²) < 4.78 is 1.14. The highest BCUT2D eigenvalue weighted by Crippen LogP contribution is 2.25. The predicted molar refractivity (Wildman–Crippen MR) is 106 cm³/mol. The first-order valence-electron chi connectivity index (χ1n) is 8.53. The van der Waals surface area contributed by atoms with E-state index in [1.165, 1.54) is 0 Å². The van der Waals surface area contributed by atoms with Crippen molar-refractivity contribution in [3.63, 3.8) is 0 Å². The van der Waals surface area contributed by atoms with Gasteiger partial charge in [0.1, 0.15) is 5.01 Å². The molecule has 0 aliphatic carbocycles. The molecule has 0 unspecified atom stereocenters. The Balaban J connectivity index is 1.56. The lowest BCUT2D eigenvalue weighted by Gasteiger charge is -2.17. The molecule has 0 radical (unpaired) electrons. The van der Waals surface area contributed by atoms with Crippen molar-refractivity contribution in [3.05, 3.63) is 101 Å². The van der Waals surface area contributed by atoms with Crippen molar-refractivity contribution >= 4 is 27.5 Å². The predicted octanol–water partition coefficient (Wildman–Crippen LogP) is 4.74. The standard InChI is InChI=1S/C22H18N2OS/c25-22(23-15-20-24-18-13-7-8-14-19(18)26-20)21(16-9-3-1-4-10-16)17-11-5-2-6-12-17/h1-14,21H,15H2,(H,23,25). The third kappa shape index (κ3) is 3.51. The quantitative estimate of drug-likeness (QED) is 0.560. The zero-order chi connectivity index (χ0) is 17.8. The highest BCUT2D eigenvalue weighted by molar-refractivity contribution is 7.18. The number of amides is 1. The lowest BCUT2D eigenvalue weighted by molar-refractivity contribution is -0.121. The van der Waals surface area contributed by atoms with E-state index in [0.29, 0.717) is 6.54 Å². The molecule has 0 atom stereocenters. The van der Waals surface area contributed by atoms with E-state index in [1.54, 1.807) is 11.3 Å². The molecule has 0 spiro atoms. The largest absolute Gasteiger partial charge is 0.349 e. The summed E-state index contributed by atoms with van der Waals surface area (Å²) in [7, 11) is 0. The second-order valence-corrected chi connectivity index (χ2v) is 7.16. The molecular formula is C22H18N2OS. The molecule has 0 aliphatic rings. The maximum Gasteiger partial charge on any atom is 0.232 e. The molecule has 1 amide bonds. The van der Waals surface area contributed by atoms with Gasteiger partial charge in [0, 0.05) is 0 Å². The molecule has 1 aromatic heterocycles. The number of hydrogen-bond acceptors (Lipinski definition) is 3. The number of para-hydroxylation sites is 1. The Hall–Kier alpha value is -2.98. The number of thiazole rings is 1. The van der Waals surface area contributed by atoms with Gasteiger partial charge in [-0.3, -0.25) is 4.79 Å². The van der Waals surface area contributed by atoms with Gasteiger partial charge in [-0.05, 0) is 23.3 Å². The summed E-state index contributed by atoms with van der Waals surface area (Å²) in [4.78, 5) is 17.6. The summed E-state index contributed by atoms with van der Waals surface area (Å²) in [6.45, 7) is 0.439. The van der Waals surface area contributed by atoms with Crippen LogP contribution >= 0.6 is 11.3 Å². The molecule has 0 saturated carbocycles. The number of aromatic nitrogens is 1. The van der Waals surface area contributed by atoms with Crippen LogP contribution in [0.3, 0.4) is 0 Å². The Morgan fingerprint density at radius 2 is 1.42 bits per heavy atom. The van der Waals surface area contributed by atoms with Gasteiger partial charge < -0.3 is 5.32 Å². The lowest BCUT2D eigenvalue weighted by atomic mass is 9.90. The molecule has 128 valence electrons. The SMILES string of the molecule is O=C(NCc1nc2ccccc2s1)C(c1ccccc1)c1ccccc1. The molecule has 0 fully saturated rings. The van der Waals surface area contributed by atoms with Crippen molar-refractivity contribution in [2.45, 2.75) is 12.5 Å². The molecule has 3 nitrogen and oxygen atoms in total. The zero-order valence-corrected chi connectivity index (χ0v) is 14.9. The van der Waals surface area contributed by atoms with E-state index < -0.39 is 0 Å². The number of carbonyl (C=O) groups excluding carboxylic acids is 1. The van der Waals surface area contributed by atoms with Gasteiger partial charge in [-0.15, -0.1) is 11.3 Å². The van der Waals surface area contributed by atoms with Gasteiger partial charge in [0.15, 0.2) is 0 Å². The van der Waals surface area contributed by atoms with Crippen LogP contribution < -0.4 is 5.32 Å². The van der Waals surface area contributed by atoms with Crippen LogP contribution in [0.15, 0.2) is 84.9 Å². The van der Waals surface area contributed by atoms with Crippen LogP contribution in [0.4, 0.5) is 0 Å². The molecule has 26 heavy (non-hydrogen) atoms. The molecule has 3 aromatic carbocycles. The molecule has 0 bridgehead atoms. The number of fused-ring (bicyclic) bond motifs is 1. The number of nitrogens with zero attached hydrogens (tertiary/aromatic N) is 1. The van der Waals surface area contributed by atoms with Crippen LogP contribution in [0, 0.1) is 0 Å². The topological polar surface area (TPSA) is 42.0 Å². The number of carbonyl (C=O) groups is 1. The van der Waals surface area contributed by atoms with Gasteiger partial charge in [0.2, 0.25) is 5.91 Å². The van der Waals surface area contributed by atoms with E-state index >= 15 is 0 Å². The highest BCUT2D eigenvalue weighted by atomic mass is 32.1. The van der Waals surface area contributed by atoms with Crippen LogP contribution in [0.1, 0.15) is 22.1 Å². The average molecular weight is 358 g/mol. The Kier molecular flexibility index (Phi) is 4.75. The molecule has 0 saturated heterocycles. The van der Waals surface area contributed by atoms with Crippen molar-refractivity contribution < 1.29 is 4.79 Å². The normalized spacial score (nSPS) is 11.0. The van der Waals surface area contributed by atoms with Gasteiger partial charge in [-0.2, -0.15) is 0 Å². The summed E-state index contributed by atoms with van der Waals surface area (Å²) in [5.74, 6) is -0.339. The molecule has 4 rings (SSSR count). The third-order valence-corrected chi connectivity index (χ3v) is 5.32. The number of nitrogens with one attached hydrogen (secondary N) is 1. The number of benzene rings is 3. The van der Waals surface area contributed by atoms with Crippen LogP contribution in [0.25, 0.3) is 10.2 Å². The van der Waals surface area contributed by atoms with E-state index in [0.717, 1.165) is 26.4 Å². The summed E-state index contributed by atoms with van der Waals surface area (Å²) in [5, 5.41) is 3.98. The van der Waals surface area contributed by atoms with Crippen LogP contribution in [-0.4, -0.2) is 10.9 Å². The van der Waals surface area contributed by atoms with Gasteiger partial charge in [0.25, 0.3) is 0 Å².